The van der Waals surface area contributed by atoms with Crippen molar-refractivity contribution in [2.45, 2.75) is 24.9 Å². The van der Waals surface area contributed by atoms with Crippen LogP contribution in [0.2, 0.25) is 5.02 Å². The number of carbonyl (C=O) groups excluding carboxylic acids is 1. The van der Waals surface area contributed by atoms with E-state index in [0.29, 0.717) is 23.7 Å². The lowest BCUT2D eigenvalue weighted by molar-refractivity contribution is -0.123. The molecular weight excluding hydrogens is 326 g/mol. The van der Waals surface area contributed by atoms with Gasteiger partial charge >= 0.3 is 0 Å². The maximum Gasteiger partial charge on any atom is 0.222 e. The molecule has 0 fully saturated rings. The van der Waals surface area contributed by atoms with Gasteiger partial charge < -0.3 is 15.2 Å². The van der Waals surface area contributed by atoms with Crippen molar-refractivity contribution in [3.05, 3.63) is 64.7 Å². The number of para-hydroxylation sites is 1. The van der Waals surface area contributed by atoms with Crippen molar-refractivity contribution in [2.75, 3.05) is 13.2 Å². The Bertz CT molecular complexity index is 702. The number of hydrogen-bond acceptors (Lipinski definition) is 3. The van der Waals surface area contributed by atoms with Crippen LogP contribution in [0.5, 0.6) is 5.75 Å². The van der Waals surface area contributed by atoms with Gasteiger partial charge in [-0.3, -0.25) is 4.79 Å². The molecule has 0 saturated carbocycles. The van der Waals surface area contributed by atoms with E-state index in [-0.39, 0.29) is 18.2 Å². The van der Waals surface area contributed by atoms with Gasteiger partial charge in [-0.1, -0.05) is 41.9 Å². The second kappa shape index (κ2) is 7.69. The number of nitrogens with one attached hydrogen (secondary N) is 1. The average molecular weight is 346 g/mol. The quantitative estimate of drug-likeness (QED) is 0.872. The van der Waals surface area contributed by atoms with Crippen LogP contribution in [0.15, 0.2) is 48.5 Å². The molecule has 24 heavy (non-hydrogen) atoms. The van der Waals surface area contributed by atoms with E-state index in [2.05, 4.69) is 5.32 Å². The summed E-state index contributed by atoms with van der Waals surface area (Å²) in [6, 6.07) is 14.8. The number of carbonyl (C=O) groups is 1. The molecule has 3 rings (SSSR count). The molecule has 1 aliphatic heterocycles. The maximum absolute atomic E-state index is 12.1. The summed E-state index contributed by atoms with van der Waals surface area (Å²) < 4.78 is 5.63. The first-order chi connectivity index (χ1) is 11.6. The zero-order valence-corrected chi connectivity index (χ0v) is 14.0. The molecule has 0 radical (unpaired) electrons. The van der Waals surface area contributed by atoms with Crippen LogP contribution in [0.3, 0.4) is 0 Å². The number of ether oxygens (including phenoxy) is 1. The first-order valence-electron chi connectivity index (χ1n) is 8.05. The highest BCUT2D eigenvalue weighted by Crippen LogP contribution is 2.32. The molecule has 2 atom stereocenters. The van der Waals surface area contributed by atoms with Gasteiger partial charge in [0.2, 0.25) is 5.91 Å². The number of fused-ring (bicyclic) bond motifs is 1. The van der Waals surface area contributed by atoms with Crippen molar-refractivity contribution in [1.29, 1.82) is 0 Å². The third-order valence-corrected chi connectivity index (χ3v) is 4.51. The highest BCUT2D eigenvalue weighted by molar-refractivity contribution is 6.30. The molecular formula is C19H20ClNO3. The minimum atomic E-state index is -0.829. The first kappa shape index (κ1) is 16.8. The van der Waals surface area contributed by atoms with E-state index < -0.39 is 6.10 Å². The number of aliphatic hydroxyl groups is 1. The predicted octanol–water partition coefficient (Wildman–Crippen LogP) is 3.45. The second-order valence-corrected chi connectivity index (χ2v) is 6.38. The number of amides is 1. The standard InChI is InChI=1S/C19H20ClNO3/c20-15-7-5-13(6-8-15)17(22)11-19(23)21-12-14-9-10-24-18-4-2-1-3-16(14)18/h1-8,14,17,22H,9-12H2,(H,21,23). The summed E-state index contributed by atoms with van der Waals surface area (Å²) >= 11 is 5.83. The van der Waals surface area contributed by atoms with Gasteiger partial charge in [0, 0.05) is 17.5 Å². The van der Waals surface area contributed by atoms with Gasteiger partial charge in [-0.25, -0.2) is 0 Å². The monoisotopic (exact) mass is 345 g/mol. The molecule has 2 aromatic carbocycles. The fraction of sp³-hybridized carbons (Fsp3) is 0.316. The van der Waals surface area contributed by atoms with E-state index >= 15 is 0 Å². The third kappa shape index (κ3) is 4.08. The van der Waals surface area contributed by atoms with Crippen LogP contribution in [0.4, 0.5) is 0 Å². The Morgan fingerprint density at radius 2 is 2.00 bits per heavy atom. The van der Waals surface area contributed by atoms with Gasteiger partial charge in [0.1, 0.15) is 5.75 Å². The number of benzene rings is 2. The zero-order valence-electron chi connectivity index (χ0n) is 13.2. The van der Waals surface area contributed by atoms with Crippen LogP contribution in [-0.2, 0) is 4.79 Å². The topological polar surface area (TPSA) is 58.6 Å². The van der Waals surface area contributed by atoms with Crippen molar-refractivity contribution in [2.24, 2.45) is 0 Å². The summed E-state index contributed by atoms with van der Waals surface area (Å²) in [5.74, 6) is 0.970. The van der Waals surface area contributed by atoms with Crippen molar-refractivity contribution >= 4 is 17.5 Å². The molecule has 0 aliphatic carbocycles. The van der Waals surface area contributed by atoms with Crippen molar-refractivity contribution in [3.8, 4) is 5.75 Å². The number of aliphatic hydroxyl groups excluding tert-OH is 1. The van der Waals surface area contributed by atoms with E-state index in [0.717, 1.165) is 17.7 Å². The molecule has 0 bridgehead atoms. The lowest BCUT2D eigenvalue weighted by atomic mass is 9.93. The summed E-state index contributed by atoms with van der Waals surface area (Å²) in [6.07, 6.45) is 0.0769. The van der Waals surface area contributed by atoms with E-state index in [9.17, 15) is 9.90 Å². The number of hydrogen-bond donors (Lipinski definition) is 2. The van der Waals surface area contributed by atoms with Crippen LogP contribution >= 0.6 is 11.6 Å². The van der Waals surface area contributed by atoms with Gasteiger partial charge in [0.25, 0.3) is 0 Å². The van der Waals surface area contributed by atoms with Crippen molar-refractivity contribution < 1.29 is 14.6 Å². The van der Waals surface area contributed by atoms with E-state index in [4.69, 9.17) is 16.3 Å². The fourth-order valence-electron chi connectivity index (χ4n) is 2.92. The Hall–Kier alpha value is -2.04. The first-order valence-corrected chi connectivity index (χ1v) is 8.43. The molecule has 4 nitrogen and oxygen atoms in total. The Kier molecular flexibility index (Phi) is 5.38. The Balaban J connectivity index is 1.54. The smallest absolute Gasteiger partial charge is 0.222 e. The van der Waals surface area contributed by atoms with E-state index in [1.165, 1.54) is 0 Å². The van der Waals surface area contributed by atoms with E-state index in [1.807, 2.05) is 24.3 Å². The van der Waals surface area contributed by atoms with E-state index in [1.54, 1.807) is 24.3 Å². The maximum atomic E-state index is 12.1. The van der Waals surface area contributed by atoms with Crippen molar-refractivity contribution in [1.82, 2.24) is 5.32 Å². The number of halogens is 1. The summed E-state index contributed by atoms with van der Waals surface area (Å²) in [6.45, 7) is 1.21. The van der Waals surface area contributed by atoms with Crippen LogP contribution in [0, 0.1) is 0 Å². The lowest BCUT2D eigenvalue weighted by Gasteiger charge is -2.26. The molecule has 1 aliphatic rings. The molecule has 1 amide bonds. The molecule has 126 valence electrons. The highest BCUT2D eigenvalue weighted by Gasteiger charge is 2.22. The van der Waals surface area contributed by atoms with Gasteiger partial charge in [-0.05, 0) is 35.7 Å². The van der Waals surface area contributed by atoms with Crippen LogP contribution < -0.4 is 10.1 Å². The molecule has 5 heteroatoms. The normalized spacial score (nSPS) is 17.5. The number of rotatable bonds is 5. The lowest BCUT2D eigenvalue weighted by Crippen LogP contribution is -2.31. The Morgan fingerprint density at radius 3 is 2.79 bits per heavy atom. The summed E-state index contributed by atoms with van der Waals surface area (Å²) in [5, 5.41) is 13.7. The average Bonchev–Trinajstić information content (AvgIpc) is 2.60. The van der Waals surface area contributed by atoms with Crippen LogP contribution in [0.1, 0.15) is 36.0 Å². The SMILES string of the molecule is O=C(CC(O)c1ccc(Cl)cc1)NCC1CCOc2ccccc21. The molecule has 1 heterocycles. The Labute approximate surface area is 146 Å². The zero-order chi connectivity index (χ0) is 16.9. The molecule has 2 unspecified atom stereocenters. The summed E-state index contributed by atoms with van der Waals surface area (Å²) in [7, 11) is 0. The molecule has 2 N–H and O–H groups in total. The van der Waals surface area contributed by atoms with Crippen LogP contribution in [-0.4, -0.2) is 24.2 Å². The second-order valence-electron chi connectivity index (χ2n) is 5.95. The fourth-order valence-corrected chi connectivity index (χ4v) is 3.04. The van der Waals surface area contributed by atoms with Gasteiger partial charge in [0.15, 0.2) is 0 Å². The van der Waals surface area contributed by atoms with Gasteiger partial charge in [0.05, 0.1) is 19.1 Å². The molecule has 0 spiro atoms. The summed E-state index contributed by atoms with van der Waals surface area (Å²) in [4.78, 5) is 12.1. The molecule has 2 aromatic rings. The van der Waals surface area contributed by atoms with Gasteiger partial charge in [-0.2, -0.15) is 0 Å². The molecule has 0 aromatic heterocycles. The predicted molar refractivity (Wildman–Crippen MR) is 93.3 cm³/mol. The highest BCUT2D eigenvalue weighted by atomic mass is 35.5. The Morgan fingerprint density at radius 1 is 1.25 bits per heavy atom. The van der Waals surface area contributed by atoms with Crippen LogP contribution in [0.25, 0.3) is 0 Å². The molecule has 0 saturated heterocycles. The van der Waals surface area contributed by atoms with Crippen molar-refractivity contribution in [3.63, 3.8) is 0 Å². The summed E-state index contributed by atoms with van der Waals surface area (Å²) in [5.41, 5.74) is 1.81. The minimum Gasteiger partial charge on any atom is -0.493 e. The largest absolute Gasteiger partial charge is 0.493 e. The van der Waals surface area contributed by atoms with Gasteiger partial charge in [-0.15, -0.1) is 0 Å². The third-order valence-electron chi connectivity index (χ3n) is 4.26. The minimum absolute atomic E-state index is 0.0342.